The van der Waals surface area contributed by atoms with E-state index in [1.54, 1.807) is 28.8 Å². The number of halogens is 1. The Labute approximate surface area is 288 Å². The number of hydrogen-bond donors (Lipinski definition) is 0. The monoisotopic (exact) mass is 674 g/mol. The molecule has 2 aliphatic rings. The summed E-state index contributed by atoms with van der Waals surface area (Å²) in [5.41, 5.74) is 2.37. The molecule has 4 aromatic rings. The van der Waals surface area contributed by atoms with Crippen LogP contribution in [-0.4, -0.2) is 107 Å². The number of hydrogen-bond acceptors (Lipinski definition) is 8. The van der Waals surface area contributed by atoms with Gasteiger partial charge in [-0.05, 0) is 75.0 Å². The van der Waals surface area contributed by atoms with Crippen LogP contribution in [0.4, 0.5) is 0 Å². The van der Waals surface area contributed by atoms with Gasteiger partial charge in [-0.15, -0.1) is 0 Å². The van der Waals surface area contributed by atoms with E-state index in [2.05, 4.69) is 33.9 Å². The van der Waals surface area contributed by atoms with Crippen molar-refractivity contribution in [1.82, 2.24) is 29.2 Å². The molecule has 0 radical (unpaired) electrons. The lowest BCUT2D eigenvalue weighted by molar-refractivity contribution is -0.135. The Morgan fingerprint density at radius 2 is 1.54 bits per heavy atom. The highest BCUT2D eigenvalue weighted by atomic mass is 35.5. The molecule has 1 amide bonds. The molecule has 0 spiro atoms. The van der Waals surface area contributed by atoms with Crippen LogP contribution in [0.1, 0.15) is 32.7 Å². The summed E-state index contributed by atoms with van der Waals surface area (Å²) in [5.74, 6) is 1.84. The number of nitrogens with zero attached hydrogens (tertiary/aromatic N) is 6. The van der Waals surface area contributed by atoms with Crippen LogP contribution in [0.15, 0.2) is 71.5 Å². The van der Waals surface area contributed by atoms with Crippen LogP contribution >= 0.6 is 11.6 Å². The summed E-state index contributed by atoms with van der Waals surface area (Å²) in [7, 11) is 2.16. The highest BCUT2D eigenvalue weighted by Gasteiger charge is 2.25. The minimum Gasteiger partial charge on any atom is -0.489 e. The molecule has 2 saturated heterocycles. The average Bonchev–Trinajstić information content (AvgIpc) is 3.06. The summed E-state index contributed by atoms with van der Waals surface area (Å²) in [6.45, 7) is 11.7. The lowest BCUT2D eigenvalue weighted by Gasteiger charge is -2.35. The van der Waals surface area contributed by atoms with Gasteiger partial charge in [0, 0.05) is 63.9 Å². The molecule has 48 heavy (non-hydrogen) atoms. The first-order valence-electron chi connectivity index (χ1n) is 16.3. The van der Waals surface area contributed by atoms with E-state index in [0.29, 0.717) is 71.7 Å². The van der Waals surface area contributed by atoms with Crippen LogP contribution in [0.3, 0.4) is 0 Å². The zero-order chi connectivity index (χ0) is 32.9. The average molecular weight is 675 g/mol. The Bertz CT molecular complexity index is 1750. The number of fused-ring (bicyclic) bond motifs is 1. The number of likely N-dealkylation sites (N-methyl/N-ethyl adjacent to an activating group) is 1. The van der Waals surface area contributed by atoms with Crippen molar-refractivity contribution in [1.29, 1.82) is 0 Å². The first-order chi connectivity index (χ1) is 22.7. The first-order valence-corrected chi connectivity index (χ1v) is 16.7. The van der Waals surface area contributed by atoms with Crippen molar-refractivity contribution in [3.8, 4) is 17.2 Å². The van der Waals surface area contributed by atoms with Crippen molar-refractivity contribution in [3.05, 3.63) is 93.5 Å². The predicted octanol–water partition coefficient (Wildman–Crippen LogP) is 4.93. The number of benzene rings is 3. The maximum atomic E-state index is 14.3. The molecular formula is C37H47ClN6O4. The third kappa shape index (κ3) is 8.54. The van der Waals surface area contributed by atoms with E-state index >= 15 is 0 Å². The molecule has 0 aliphatic carbocycles. The summed E-state index contributed by atoms with van der Waals surface area (Å²) in [5, 5.41) is 1.18. The van der Waals surface area contributed by atoms with Gasteiger partial charge in [0.1, 0.15) is 17.3 Å². The maximum Gasteiger partial charge on any atom is 0.266 e. The number of carbonyl (C=O) groups is 1. The first kappa shape index (κ1) is 35.3. The Kier molecular flexibility index (Phi) is 11.8. The number of ether oxygens (including phenoxy) is 2. The van der Waals surface area contributed by atoms with Gasteiger partial charge < -0.3 is 19.3 Å². The number of piperazine rings is 2. The number of amides is 1. The molecule has 0 bridgehead atoms. The van der Waals surface area contributed by atoms with Crippen LogP contribution in [0.2, 0.25) is 5.02 Å². The topological polar surface area (TPSA) is 83.4 Å². The van der Waals surface area contributed by atoms with E-state index in [4.69, 9.17) is 26.1 Å². The SMILES string of the molecule is C.CC(C)Oc1ccc(CN2CCN(C)CC2)cc1-n1c(CN2CCN(C(=O)COc3ccc(Cl)cc3)CC2)nc2ccccc2c1=O. The van der Waals surface area contributed by atoms with Crippen LogP contribution in [0.25, 0.3) is 16.6 Å². The molecular weight excluding hydrogens is 628 g/mol. The van der Waals surface area contributed by atoms with Gasteiger partial charge in [0.05, 0.1) is 29.2 Å². The highest BCUT2D eigenvalue weighted by molar-refractivity contribution is 6.30. The van der Waals surface area contributed by atoms with Crippen molar-refractivity contribution >= 4 is 28.4 Å². The van der Waals surface area contributed by atoms with E-state index in [9.17, 15) is 9.59 Å². The number of aromatic nitrogens is 2. The Balaban J connectivity index is 0.00000451. The van der Waals surface area contributed by atoms with Crippen LogP contribution < -0.4 is 15.0 Å². The van der Waals surface area contributed by atoms with Crippen molar-refractivity contribution in [3.63, 3.8) is 0 Å². The number of para-hydroxylation sites is 1. The van der Waals surface area contributed by atoms with Crippen LogP contribution in [0.5, 0.6) is 11.5 Å². The van der Waals surface area contributed by atoms with E-state index < -0.39 is 0 Å². The molecule has 0 saturated carbocycles. The van der Waals surface area contributed by atoms with Gasteiger partial charge in [0.15, 0.2) is 6.61 Å². The molecule has 0 unspecified atom stereocenters. The van der Waals surface area contributed by atoms with Gasteiger partial charge in [0.2, 0.25) is 0 Å². The smallest absolute Gasteiger partial charge is 0.266 e. The fourth-order valence-corrected chi connectivity index (χ4v) is 6.24. The van der Waals surface area contributed by atoms with Gasteiger partial charge >= 0.3 is 0 Å². The molecule has 1 aromatic heterocycles. The van der Waals surface area contributed by atoms with Crippen molar-refractivity contribution in [2.24, 2.45) is 0 Å². The van der Waals surface area contributed by atoms with Gasteiger partial charge in [-0.2, -0.15) is 0 Å². The largest absolute Gasteiger partial charge is 0.489 e. The molecule has 11 heteroatoms. The van der Waals surface area contributed by atoms with Crippen molar-refractivity contribution < 1.29 is 14.3 Å². The minimum atomic E-state index is -0.121. The molecule has 2 fully saturated rings. The summed E-state index contributed by atoms with van der Waals surface area (Å²) < 4.78 is 13.7. The second kappa shape index (κ2) is 16.0. The Hall–Kier alpha value is -3.96. The molecule has 256 valence electrons. The van der Waals surface area contributed by atoms with Crippen LogP contribution in [-0.2, 0) is 17.9 Å². The molecule has 10 nitrogen and oxygen atoms in total. The van der Waals surface area contributed by atoms with E-state index in [1.165, 1.54) is 0 Å². The number of carbonyl (C=O) groups excluding carboxylic acids is 1. The lowest BCUT2D eigenvalue weighted by Crippen LogP contribution is -2.50. The maximum absolute atomic E-state index is 14.3. The van der Waals surface area contributed by atoms with Crippen LogP contribution in [0, 0.1) is 0 Å². The third-order valence-corrected chi connectivity index (χ3v) is 8.99. The van der Waals surface area contributed by atoms with E-state index in [1.807, 2.05) is 49.1 Å². The molecule has 0 N–H and O–H groups in total. The van der Waals surface area contributed by atoms with E-state index in [0.717, 1.165) is 38.3 Å². The fourth-order valence-electron chi connectivity index (χ4n) is 6.11. The second-order valence-electron chi connectivity index (χ2n) is 12.6. The quantitative estimate of drug-likeness (QED) is 0.234. The summed E-state index contributed by atoms with van der Waals surface area (Å²) in [6.07, 6.45) is -0.0703. The lowest BCUT2D eigenvalue weighted by atomic mass is 10.1. The van der Waals surface area contributed by atoms with Crippen molar-refractivity contribution in [2.45, 2.75) is 40.5 Å². The zero-order valence-corrected chi connectivity index (χ0v) is 28.2. The molecule has 0 atom stereocenters. The summed E-state index contributed by atoms with van der Waals surface area (Å²) in [6, 6.07) is 20.7. The van der Waals surface area contributed by atoms with E-state index in [-0.39, 0.29) is 31.6 Å². The van der Waals surface area contributed by atoms with Gasteiger partial charge in [0.25, 0.3) is 11.5 Å². The summed E-state index contributed by atoms with van der Waals surface area (Å²) >= 11 is 5.96. The minimum absolute atomic E-state index is 0. The highest BCUT2D eigenvalue weighted by Crippen LogP contribution is 2.28. The number of rotatable bonds is 10. The van der Waals surface area contributed by atoms with Crippen molar-refractivity contribution in [2.75, 3.05) is 66.0 Å². The Morgan fingerprint density at radius 3 is 2.25 bits per heavy atom. The third-order valence-electron chi connectivity index (χ3n) is 8.74. The summed E-state index contributed by atoms with van der Waals surface area (Å²) in [4.78, 5) is 41.1. The molecule has 3 aromatic carbocycles. The molecule has 6 rings (SSSR count). The normalized spacial score (nSPS) is 16.2. The zero-order valence-electron chi connectivity index (χ0n) is 27.4. The Morgan fingerprint density at radius 1 is 0.875 bits per heavy atom. The fraction of sp³-hybridized carbons (Fsp3) is 0.432. The second-order valence-corrected chi connectivity index (χ2v) is 13.1. The standard InChI is InChI=1S/C36H43ClN6O4.CH4/c1-26(2)47-33-13-8-27(23-40-16-14-39(3)15-17-40)22-32(33)43-34(38-31-7-5-4-6-30(31)36(43)45)24-41-18-20-42(21-19-41)35(44)25-46-29-11-9-28(37)10-12-29;/h4-13,22,26H,14-21,23-25H2,1-3H3;1H4. The predicted molar refractivity (Wildman–Crippen MR) is 191 cm³/mol. The van der Waals surface area contributed by atoms with Gasteiger partial charge in [-0.25, -0.2) is 4.98 Å². The van der Waals surface area contributed by atoms with Gasteiger partial charge in [-0.3, -0.25) is 24.0 Å². The van der Waals surface area contributed by atoms with Gasteiger partial charge in [-0.1, -0.05) is 37.2 Å². The molecule has 2 aliphatic heterocycles. The molecule has 3 heterocycles.